The predicted molar refractivity (Wildman–Crippen MR) is 118 cm³/mol. The van der Waals surface area contributed by atoms with Crippen molar-refractivity contribution in [3.05, 3.63) is 89.4 Å². The van der Waals surface area contributed by atoms with E-state index in [4.69, 9.17) is 4.74 Å². The van der Waals surface area contributed by atoms with Gasteiger partial charge in [0.1, 0.15) is 5.75 Å². The first-order chi connectivity index (χ1) is 15.8. The zero-order valence-corrected chi connectivity index (χ0v) is 17.9. The Balaban J connectivity index is 1.43. The van der Waals surface area contributed by atoms with Crippen molar-refractivity contribution in [1.29, 1.82) is 0 Å². The molecule has 2 aromatic heterocycles. The molecule has 5 nitrogen and oxygen atoms in total. The number of hydrogen-bond acceptors (Lipinski definition) is 4. The number of rotatable bonds is 5. The number of carbonyl (C=O) groups is 1. The normalized spacial score (nSPS) is 17.5. The minimum Gasteiger partial charge on any atom is -0.439 e. The van der Waals surface area contributed by atoms with Gasteiger partial charge >= 0.3 is 6.18 Å². The van der Waals surface area contributed by atoms with Crippen LogP contribution in [0.25, 0.3) is 5.57 Å². The molecule has 2 heterocycles. The second-order valence-electron chi connectivity index (χ2n) is 7.90. The van der Waals surface area contributed by atoms with Gasteiger partial charge in [0.05, 0.1) is 11.1 Å². The summed E-state index contributed by atoms with van der Waals surface area (Å²) in [5.41, 5.74) is 3.01. The molecule has 1 atom stereocenters. The summed E-state index contributed by atoms with van der Waals surface area (Å²) in [5.74, 6) is 0.440. The quantitative estimate of drug-likeness (QED) is 0.511. The number of ether oxygens (including phenoxy) is 1. The van der Waals surface area contributed by atoms with Crippen molar-refractivity contribution in [1.82, 2.24) is 15.3 Å². The summed E-state index contributed by atoms with van der Waals surface area (Å²) in [7, 11) is 0. The van der Waals surface area contributed by atoms with Crippen LogP contribution in [0, 0.1) is 0 Å². The summed E-state index contributed by atoms with van der Waals surface area (Å²) >= 11 is 0. The lowest BCUT2D eigenvalue weighted by molar-refractivity contribution is -0.137. The summed E-state index contributed by atoms with van der Waals surface area (Å²) in [6.45, 7) is 2.02. The Morgan fingerprint density at radius 2 is 1.91 bits per heavy atom. The molecule has 4 rings (SSSR count). The van der Waals surface area contributed by atoms with E-state index >= 15 is 0 Å². The largest absolute Gasteiger partial charge is 0.439 e. The lowest BCUT2D eigenvalue weighted by Crippen LogP contribution is -2.32. The van der Waals surface area contributed by atoms with Crippen molar-refractivity contribution in [2.24, 2.45) is 0 Å². The molecule has 1 aromatic carbocycles. The van der Waals surface area contributed by atoms with Gasteiger partial charge in [0.2, 0.25) is 5.88 Å². The van der Waals surface area contributed by atoms with Crippen molar-refractivity contribution >= 4 is 11.5 Å². The second kappa shape index (κ2) is 9.44. The number of carbonyl (C=O) groups excluding carboxylic acids is 1. The third kappa shape index (κ3) is 5.58. The average Bonchev–Trinajstić information content (AvgIpc) is 3.27. The van der Waals surface area contributed by atoms with Crippen LogP contribution >= 0.6 is 0 Å². The van der Waals surface area contributed by atoms with Crippen LogP contribution in [0.2, 0.25) is 0 Å². The SMILES string of the molecule is CC(=C1CCC(NC(=O)c2cccnc2)C1)c1cccc(Oc2ccc(C(F)(F)F)cn2)c1. The zero-order valence-electron chi connectivity index (χ0n) is 17.9. The number of pyridine rings is 2. The number of benzene rings is 1. The number of alkyl halides is 3. The first-order valence-electron chi connectivity index (χ1n) is 10.5. The highest BCUT2D eigenvalue weighted by Crippen LogP contribution is 2.34. The van der Waals surface area contributed by atoms with Gasteiger partial charge in [0, 0.05) is 30.7 Å². The molecule has 0 radical (unpaired) electrons. The third-order valence-corrected chi connectivity index (χ3v) is 5.63. The Kier molecular flexibility index (Phi) is 6.44. The standard InChI is InChI=1S/C25H22F3N3O2/c1-16(18-7-9-21(12-18)31-24(32)19-5-3-11-29-14-19)17-4-2-6-22(13-17)33-23-10-8-20(15-30-23)25(26,27)28/h2-6,8,10-11,13-15,21H,7,9,12H2,1H3,(H,31,32). The Morgan fingerprint density at radius 1 is 1.09 bits per heavy atom. The fourth-order valence-corrected chi connectivity index (χ4v) is 3.81. The van der Waals surface area contributed by atoms with Crippen molar-refractivity contribution in [3.63, 3.8) is 0 Å². The molecule has 170 valence electrons. The molecule has 0 aliphatic heterocycles. The summed E-state index contributed by atoms with van der Waals surface area (Å²) in [5, 5.41) is 3.06. The molecule has 8 heteroatoms. The highest BCUT2D eigenvalue weighted by Gasteiger charge is 2.30. The van der Waals surface area contributed by atoms with E-state index < -0.39 is 11.7 Å². The van der Waals surface area contributed by atoms with Crippen molar-refractivity contribution in [3.8, 4) is 11.6 Å². The van der Waals surface area contributed by atoms with E-state index in [0.717, 1.165) is 42.7 Å². The summed E-state index contributed by atoms with van der Waals surface area (Å²) in [6.07, 6.45) is 1.96. The van der Waals surface area contributed by atoms with Crippen molar-refractivity contribution in [2.45, 2.75) is 38.4 Å². The zero-order chi connectivity index (χ0) is 23.4. The molecular formula is C25H22F3N3O2. The van der Waals surface area contributed by atoms with Gasteiger partial charge in [-0.25, -0.2) is 4.98 Å². The van der Waals surface area contributed by atoms with Gasteiger partial charge in [-0.05, 0) is 67.7 Å². The van der Waals surface area contributed by atoms with E-state index in [1.165, 1.54) is 11.6 Å². The Morgan fingerprint density at radius 3 is 2.61 bits per heavy atom. The number of nitrogens with zero attached hydrogens (tertiary/aromatic N) is 2. The van der Waals surface area contributed by atoms with Crippen LogP contribution in [0.3, 0.4) is 0 Å². The molecular weight excluding hydrogens is 431 g/mol. The number of allylic oxidation sites excluding steroid dienone is 1. The predicted octanol–water partition coefficient (Wildman–Crippen LogP) is 6.04. The van der Waals surface area contributed by atoms with E-state index in [0.29, 0.717) is 11.3 Å². The van der Waals surface area contributed by atoms with Crippen LogP contribution in [0.4, 0.5) is 13.2 Å². The average molecular weight is 453 g/mol. The van der Waals surface area contributed by atoms with Crippen LogP contribution in [-0.2, 0) is 6.18 Å². The van der Waals surface area contributed by atoms with E-state index in [2.05, 4.69) is 15.3 Å². The van der Waals surface area contributed by atoms with E-state index in [-0.39, 0.29) is 17.8 Å². The van der Waals surface area contributed by atoms with Crippen molar-refractivity contribution < 1.29 is 22.7 Å². The summed E-state index contributed by atoms with van der Waals surface area (Å²) in [4.78, 5) is 20.1. The maximum absolute atomic E-state index is 12.7. The first kappa shape index (κ1) is 22.5. The molecule has 33 heavy (non-hydrogen) atoms. The maximum atomic E-state index is 12.7. The Hall–Kier alpha value is -3.68. The van der Waals surface area contributed by atoms with Crippen LogP contribution in [0.15, 0.2) is 72.7 Å². The first-order valence-corrected chi connectivity index (χ1v) is 10.5. The molecule has 1 saturated carbocycles. The minimum atomic E-state index is -4.44. The van der Waals surface area contributed by atoms with Crippen LogP contribution in [0.5, 0.6) is 11.6 Å². The maximum Gasteiger partial charge on any atom is 0.417 e. The number of hydrogen-bond donors (Lipinski definition) is 1. The van der Waals surface area contributed by atoms with Crippen LogP contribution in [0.1, 0.15) is 47.7 Å². The fourth-order valence-electron chi connectivity index (χ4n) is 3.81. The molecule has 3 aromatic rings. The minimum absolute atomic E-state index is 0.0541. The number of aromatic nitrogens is 2. The van der Waals surface area contributed by atoms with Gasteiger partial charge in [0.25, 0.3) is 5.91 Å². The van der Waals surface area contributed by atoms with Gasteiger partial charge < -0.3 is 10.1 Å². The highest BCUT2D eigenvalue weighted by molar-refractivity contribution is 5.94. The smallest absolute Gasteiger partial charge is 0.417 e. The van der Waals surface area contributed by atoms with E-state index in [1.807, 2.05) is 25.1 Å². The Bertz CT molecular complexity index is 1160. The lowest BCUT2D eigenvalue weighted by atomic mass is 10.00. The van der Waals surface area contributed by atoms with Crippen LogP contribution < -0.4 is 10.1 Å². The number of amides is 1. The van der Waals surface area contributed by atoms with E-state index in [1.54, 1.807) is 30.6 Å². The van der Waals surface area contributed by atoms with Crippen molar-refractivity contribution in [2.75, 3.05) is 0 Å². The molecule has 1 N–H and O–H groups in total. The molecule has 1 fully saturated rings. The highest BCUT2D eigenvalue weighted by atomic mass is 19.4. The fraction of sp³-hybridized carbons (Fsp3) is 0.240. The lowest BCUT2D eigenvalue weighted by Gasteiger charge is -2.13. The summed E-state index contributed by atoms with van der Waals surface area (Å²) < 4.78 is 43.8. The van der Waals surface area contributed by atoms with Gasteiger partial charge in [-0.2, -0.15) is 13.2 Å². The molecule has 1 unspecified atom stereocenters. The third-order valence-electron chi connectivity index (χ3n) is 5.63. The molecule has 1 aliphatic carbocycles. The van der Waals surface area contributed by atoms with Gasteiger partial charge in [-0.3, -0.25) is 9.78 Å². The van der Waals surface area contributed by atoms with Gasteiger partial charge in [-0.1, -0.05) is 17.7 Å². The monoisotopic (exact) mass is 453 g/mol. The van der Waals surface area contributed by atoms with Gasteiger partial charge in [-0.15, -0.1) is 0 Å². The Labute approximate surface area is 189 Å². The van der Waals surface area contributed by atoms with E-state index in [9.17, 15) is 18.0 Å². The molecule has 0 saturated heterocycles. The number of nitrogens with one attached hydrogen (secondary N) is 1. The molecule has 1 aliphatic rings. The molecule has 1 amide bonds. The van der Waals surface area contributed by atoms with Crippen LogP contribution in [-0.4, -0.2) is 21.9 Å². The molecule has 0 bridgehead atoms. The second-order valence-corrected chi connectivity index (χ2v) is 7.90. The summed E-state index contributed by atoms with van der Waals surface area (Å²) in [6, 6.07) is 13.0. The topological polar surface area (TPSA) is 64.1 Å². The number of halogens is 3. The molecule has 0 spiro atoms. The van der Waals surface area contributed by atoms with Gasteiger partial charge in [0.15, 0.2) is 0 Å².